The fourth-order valence-corrected chi connectivity index (χ4v) is 10.2. The number of quaternary nitrogens is 2. The van der Waals surface area contributed by atoms with Crippen molar-refractivity contribution in [3.05, 3.63) is 81.9 Å². The number of rotatable bonds is 22. The lowest BCUT2D eigenvalue weighted by atomic mass is 9.86. The monoisotopic (exact) mass is 954 g/mol. The molecule has 0 aromatic heterocycles. The second-order valence-corrected chi connectivity index (χ2v) is 17.9. The van der Waals surface area contributed by atoms with Gasteiger partial charge in [-0.1, -0.05) is 0 Å². The molecule has 4 aromatic rings. The van der Waals surface area contributed by atoms with Crippen LogP contribution in [-0.2, 0) is 40.0 Å². The Morgan fingerprint density at radius 2 is 0.870 bits per heavy atom. The second-order valence-electron chi connectivity index (χ2n) is 17.9. The number of methoxy groups -OCH3 is 10. The summed E-state index contributed by atoms with van der Waals surface area (Å²) in [5.74, 6) is 10.1. The molecule has 0 aliphatic carbocycles. The van der Waals surface area contributed by atoms with Crippen molar-refractivity contribution < 1.29 is 70.7 Å². The predicted octanol–water partition coefficient (Wildman–Crippen LogP) is 7.33. The summed E-state index contributed by atoms with van der Waals surface area (Å²) in [6.45, 7) is 3.25. The van der Waals surface area contributed by atoms with Crippen molar-refractivity contribution in [3.8, 4) is 69.3 Å². The van der Waals surface area contributed by atoms with Crippen LogP contribution in [0.5, 0.6) is 57.5 Å². The van der Waals surface area contributed by atoms with E-state index in [0.29, 0.717) is 105 Å². The first-order valence-corrected chi connectivity index (χ1v) is 23.2. The third-order valence-electron chi connectivity index (χ3n) is 14.0. The largest absolute Gasteiger partial charge is 0.493 e. The summed E-state index contributed by atoms with van der Waals surface area (Å²) in [5.41, 5.74) is 6.72. The second kappa shape index (κ2) is 23.2. The number of hydrogen-bond donors (Lipinski definition) is 0. The lowest BCUT2D eigenvalue weighted by molar-refractivity contribution is -0.941. The number of hydrogen-bond acceptors (Lipinski definition) is 13. The van der Waals surface area contributed by atoms with E-state index in [1.54, 1.807) is 71.1 Å². The van der Waals surface area contributed by atoms with Gasteiger partial charge in [-0.25, -0.2) is 4.79 Å². The van der Waals surface area contributed by atoms with Gasteiger partial charge in [-0.3, -0.25) is 4.79 Å². The highest BCUT2D eigenvalue weighted by molar-refractivity contribution is 6.01. The molecule has 372 valence electrons. The van der Waals surface area contributed by atoms with Crippen LogP contribution in [0.3, 0.4) is 0 Å². The molecule has 0 radical (unpaired) electrons. The third-order valence-corrected chi connectivity index (χ3v) is 14.0. The van der Waals surface area contributed by atoms with Crippen LogP contribution in [0, 0.1) is 11.8 Å². The predicted molar refractivity (Wildman–Crippen MR) is 261 cm³/mol. The summed E-state index contributed by atoms with van der Waals surface area (Å²) in [7, 11) is 20.7. The molecule has 15 heteroatoms. The fraction of sp³-hybridized carbons (Fsp3) is 0.481. The number of ketones is 1. The van der Waals surface area contributed by atoms with Crippen LogP contribution in [0.2, 0.25) is 0 Å². The van der Waals surface area contributed by atoms with E-state index in [2.05, 4.69) is 50.2 Å². The number of carbonyl (C=O) groups excluding carboxylic acids is 2. The Balaban J connectivity index is 1.11. The quantitative estimate of drug-likeness (QED) is 0.0195. The zero-order chi connectivity index (χ0) is 49.9. The minimum atomic E-state index is -0.720. The summed E-state index contributed by atoms with van der Waals surface area (Å²) in [6.07, 6.45) is 4.31. The SMILES string of the molecule is COc1cc2c(cc1OC)[C@@H](Cc1cc(OC)c(OC)c(OC)c1)[N@+](C)(CCCOC(=O)C#CC(=O)CCC[N@+]1(C)CCc3cc(OC)c(OC)cc3[C@H]1Cc1cc(OC)c(OC)c(OC)c1)CC2. The number of Topliss-reactive ketones (excluding diaryl/α,β-unsaturated/α-hetero) is 1. The van der Waals surface area contributed by atoms with Gasteiger partial charge in [0.05, 0.1) is 118 Å². The van der Waals surface area contributed by atoms with E-state index in [1.165, 1.54) is 11.1 Å². The molecule has 4 aromatic carbocycles. The highest BCUT2D eigenvalue weighted by atomic mass is 16.5. The van der Waals surface area contributed by atoms with Crippen molar-refractivity contribution in [1.29, 1.82) is 0 Å². The summed E-state index contributed by atoms with van der Waals surface area (Å²) < 4.78 is 63.8. The minimum absolute atomic E-state index is 0.00445. The zero-order valence-electron chi connectivity index (χ0n) is 42.5. The number of ether oxygens (including phenoxy) is 11. The Morgan fingerprint density at radius 3 is 1.25 bits per heavy atom. The summed E-state index contributed by atoms with van der Waals surface area (Å²) in [6, 6.07) is 16.2. The zero-order valence-corrected chi connectivity index (χ0v) is 42.5. The maximum Gasteiger partial charge on any atom is 0.384 e. The van der Waals surface area contributed by atoms with E-state index in [1.807, 2.05) is 24.3 Å². The molecule has 2 heterocycles. The highest BCUT2D eigenvalue weighted by Crippen LogP contribution is 2.47. The molecule has 0 bridgehead atoms. The molecule has 0 unspecified atom stereocenters. The summed E-state index contributed by atoms with van der Waals surface area (Å²) >= 11 is 0. The van der Waals surface area contributed by atoms with Gasteiger partial charge in [-0.15, -0.1) is 0 Å². The van der Waals surface area contributed by atoms with Gasteiger partial charge < -0.3 is 61.1 Å². The molecule has 0 N–H and O–H groups in total. The van der Waals surface area contributed by atoms with Gasteiger partial charge in [0.25, 0.3) is 0 Å². The molecule has 0 spiro atoms. The average molecular weight is 955 g/mol. The van der Waals surface area contributed by atoms with Crippen molar-refractivity contribution in [2.24, 2.45) is 0 Å². The van der Waals surface area contributed by atoms with Crippen molar-refractivity contribution in [3.63, 3.8) is 0 Å². The lowest BCUT2D eigenvalue weighted by Gasteiger charge is -2.46. The van der Waals surface area contributed by atoms with Crippen LogP contribution in [0.25, 0.3) is 0 Å². The molecule has 0 amide bonds. The van der Waals surface area contributed by atoms with Crippen molar-refractivity contribution in [2.75, 3.05) is 118 Å². The molecular formula is C54H70N2O13+2. The van der Waals surface area contributed by atoms with E-state index >= 15 is 0 Å². The first-order valence-electron chi connectivity index (χ1n) is 23.2. The Bertz CT molecular complexity index is 2480. The molecular weight excluding hydrogens is 885 g/mol. The highest BCUT2D eigenvalue weighted by Gasteiger charge is 2.42. The van der Waals surface area contributed by atoms with Crippen LogP contribution in [0.15, 0.2) is 48.5 Å². The fourth-order valence-electron chi connectivity index (χ4n) is 10.2. The standard InChI is InChI=1S/C54H70N2O13/c1-55(22-18-37-31-44(59-3)46(61-5)33-40(37)42(55)25-35-27-48(63-7)53(67-11)49(28-35)64-8)20-13-15-39(57)16-17-52(58)69-24-14-21-56(2)23-19-38-32-45(60-4)47(62-6)34-41(38)43(56)26-36-29-50(65-9)54(68-12)51(30-36)66-10/h27-34,42-43H,13-15,18-26H2,1-12H3/q+2/t42-,43-,55-,56-/m1/s1. The van der Waals surface area contributed by atoms with E-state index in [9.17, 15) is 9.59 Å². The van der Waals surface area contributed by atoms with Crippen molar-refractivity contribution in [1.82, 2.24) is 0 Å². The molecule has 6 rings (SSSR count). The number of fused-ring (bicyclic) bond motifs is 2. The summed E-state index contributed by atoms with van der Waals surface area (Å²) in [4.78, 5) is 26.1. The normalized spacial score (nSPS) is 19.1. The van der Waals surface area contributed by atoms with Gasteiger partial charge in [0.15, 0.2) is 46.0 Å². The van der Waals surface area contributed by atoms with Gasteiger partial charge in [-0.05, 0) is 76.7 Å². The third kappa shape index (κ3) is 11.5. The minimum Gasteiger partial charge on any atom is -0.493 e. The molecule has 15 nitrogen and oxygen atoms in total. The van der Waals surface area contributed by atoms with Crippen molar-refractivity contribution in [2.45, 2.75) is 57.0 Å². The Hall–Kier alpha value is -6.50. The molecule has 2 aliphatic heterocycles. The van der Waals surface area contributed by atoms with Crippen LogP contribution in [0.1, 0.15) is 64.7 Å². The molecule has 0 saturated heterocycles. The number of nitrogens with zero attached hydrogens (tertiary/aromatic N) is 2. The van der Waals surface area contributed by atoms with Crippen LogP contribution in [-0.4, -0.2) is 139 Å². The molecule has 2 aliphatic rings. The van der Waals surface area contributed by atoms with E-state index < -0.39 is 5.97 Å². The Kier molecular flexibility index (Phi) is 17.4. The smallest absolute Gasteiger partial charge is 0.384 e. The van der Waals surface area contributed by atoms with E-state index in [0.717, 1.165) is 48.2 Å². The van der Waals surface area contributed by atoms with E-state index in [4.69, 9.17) is 52.1 Å². The van der Waals surface area contributed by atoms with Gasteiger partial charge in [0.2, 0.25) is 17.3 Å². The van der Waals surface area contributed by atoms with Gasteiger partial charge in [0.1, 0.15) is 12.1 Å². The van der Waals surface area contributed by atoms with Crippen LogP contribution >= 0.6 is 0 Å². The van der Waals surface area contributed by atoms with Crippen LogP contribution in [0.4, 0.5) is 0 Å². The maximum absolute atomic E-state index is 13.2. The number of esters is 1. The Labute approximate surface area is 407 Å². The van der Waals surface area contributed by atoms with Gasteiger partial charge >= 0.3 is 5.97 Å². The van der Waals surface area contributed by atoms with Crippen LogP contribution < -0.4 is 47.4 Å². The molecule has 4 atom stereocenters. The number of likely N-dealkylation sites (N-methyl/N-ethyl adjacent to an activating group) is 2. The number of carbonyl (C=O) groups is 2. The molecule has 69 heavy (non-hydrogen) atoms. The lowest BCUT2D eigenvalue weighted by Crippen LogP contribution is -2.52. The van der Waals surface area contributed by atoms with Gasteiger partial charge in [-0.2, -0.15) is 0 Å². The first-order chi connectivity index (χ1) is 33.2. The van der Waals surface area contributed by atoms with Gasteiger partial charge in [0, 0.05) is 62.0 Å². The van der Waals surface area contributed by atoms with Crippen molar-refractivity contribution >= 4 is 11.8 Å². The summed E-state index contributed by atoms with van der Waals surface area (Å²) in [5, 5.41) is 0. The van der Waals surface area contributed by atoms with E-state index in [-0.39, 0.29) is 30.9 Å². The maximum atomic E-state index is 13.2. The average Bonchev–Trinajstić information content (AvgIpc) is 3.37. The topological polar surface area (TPSA) is 136 Å². The molecule has 0 fully saturated rings. The molecule has 0 saturated carbocycles. The number of benzene rings is 4. The Morgan fingerprint density at radius 1 is 0.493 bits per heavy atom. The first kappa shape index (κ1) is 51.9.